The Bertz CT molecular complexity index is 246. The van der Waals surface area contributed by atoms with E-state index in [0.717, 1.165) is 0 Å². The second-order valence-corrected chi connectivity index (χ2v) is 3.39. The first-order chi connectivity index (χ1) is 6.40. The molecule has 14 heavy (non-hydrogen) atoms. The molecule has 0 aromatic rings. The molecule has 0 aliphatic heterocycles. The van der Waals surface area contributed by atoms with Gasteiger partial charge in [0.25, 0.3) is 0 Å². The summed E-state index contributed by atoms with van der Waals surface area (Å²) in [5.41, 5.74) is 0.645. The van der Waals surface area contributed by atoms with Crippen molar-refractivity contribution in [1.29, 1.82) is 0 Å². The molecule has 4 nitrogen and oxygen atoms in total. The van der Waals surface area contributed by atoms with Crippen molar-refractivity contribution >= 4 is 11.9 Å². The van der Waals surface area contributed by atoms with E-state index in [1.54, 1.807) is 0 Å². The van der Waals surface area contributed by atoms with Gasteiger partial charge in [-0.1, -0.05) is 20.4 Å². The minimum absolute atomic E-state index is 0.117. The van der Waals surface area contributed by atoms with Gasteiger partial charge in [-0.05, 0) is 11.5 Å². The van der Waals surface area contributed by atoms with Gasteiger partial charge in [0.05, 0.1) is 7.11 Å². The Morgan fingerprint density at radius 2 is 1.86 bits per heavy atom. The van der Waals surface area contributed by atoms with Gasteiger partial charge < -0.3 is 10.1 Å². The van der Waals surface area contributed by atoms with Crippen molar-refractivity contribution < 1.29 is 14.3 Å². The summed E-state index contributed by atoms with van der Waals surface area (Å²) in [5.74, 6) is -0.646. The van der Waals surface area contributed by atoms with Crippen LogP contribution in [0.15, 0.2) is 12.2 Å². The molecule has 0 bridgehead atoms. The largest absolute Gasteiger partial charge is 0.467 e. The summed E-state index contributed by atoms with van der Waals surface area (Å²) in [7, 11) is 1.28. The molecule has 0 aliphatic rings. The number of nitrogens with one attached hydrogen (secondary N) is 1. The average Bonchev–Trinajstić information content (AvgIpc) is 2.11. The topological polar surface area (TPSA) is 55.4 Å². The van der Waals surface area contributed by atoms with Crippen LogP contribution in [0, 0.1) is 5.92 Å². The zero-order valence-corrected chi connectivity index (χ0v) is 9.09. The number of methoxy groups -OCH3 is 1. The Morgan fingerprint density at radius 3 is 2.14 bits per heavy atom. The standard InChI is InChI=1S/C10H17NO3/c1-6(2)7(3)9(10(13)14-5)11-8(4)12/h6,9H,3H2,1-2,4-5H3,(H,11,12)/t9-/m0/s1. The molecule has 4 heteroatoms. The summed E-state index contributed by atoms with van der Waals surface area (Å²) in [5, 5.41) is 2.50. The van der Waals surface area contributed by atoms with Crippen LogP contribution < -0.4 is 5.32 Å². The molecule has 0 rings (SSSR count). The maximum atomic E-state index is 11.3. The molecule has 1 N–H and O–H groups in total. The molecular weight excluding hydrogens is 182 g/mol. The third-order valence-electron chi connectivity index (χ3n) is 1.90. The summed E-state index contributed by atoms with van der Waals surface area (Å²) in [6, 6.07) is -0.738. The first-order valence-electron chi connectivity index (χ1n) is 4.43. The molecule has 0 unspecified atom stereocenters. The van der Waals surface area contributed by atoms with Gasteiger partial charge in [0.15, 0.2) is 0 Å². The van der Waals surface area contributed by atoms with Crippen molar-refractivity contribution in [3.63, 3.8) is 0 Å². The Morgan fingerprint density at radius 1 is 1.36 bits per heavy atom. The third-order valence-corrected chi connectivity index (χ3v) is 1.90. The number of carbonyl (C=O) groups excluding carboxylic acids is 2. The molecule has 0 aromatic carbocycles. The lowest BCUT2D eigenvalue weighted by molar-refractivity contribution is -0.143. The lowest BCUT2D eigenvalue weighted by atomic mass is 9.97. The molecule has 0 aromatic heterocycles. The van der Waals surface area contributed by atoms with Crippen molar-refractivity contribution in [3.05, 3.63) is 12.2 Å². The lowest BCUT2D eigenvalue weighted by Gasteiger charge is -2.20. The Kier molecular flexibility index (Phi) is 4.91. The van der Waals surface area contributed by atoms with E-state index < -0.39 is 12.0 Å². The Hall–Kier alpha value is -1.32. The SMILES string of the molecule is C=C(C(C)C)[C@H](NC(C)=O)C(=O)OC. The highest BCUT2D eigenvalue weighted by atomic mass is 16.5. The zero-order valence-electron chi connectivity index (χ0n) is 9.09. The van der Waals surface area contributed by atoms with Crippen LogP contribution in [-0.2, 0) is 14.3 Å². The van der Waals surface area contributed by atoms with Crippen LogP contribution in [-0.4, -0.2) is 25.0 Å². The van der Waals surface area contributed by atoms with Crippen LogP contribution in [0.25, 0.3) is 0 Å². The van der Waals surface area contributed by atoms with Gasteiger partial charge in [-0.2, -0.15) is 0 Å². The number of hydrogen-bond donors (Lipinski definition) is 1. The molecule has 0 aliphatic carbocycles. The number of ether oxygens (including phenoxy) is 1. The zero-order chi connectivity index (χ0) is 11.3. The van der Waals surface area contributed by atoms with Gasteiger partial charge in [0, 0.05) is 6.92 Å². The lowest BCUT2D eigenvalue weighted by Crippen LogP contribution is -2.42. The first-order valence-corrected chi connectivity index (χ1v) is 4.43. The van der Waals surface area contributed by atoms with Crippen molar-refractivity contribution in [2.45, 2.75) is 26.8 Å². The molecule has 0 radical (unpaired) electrons. The molecule has 1 atom stereocenters. The van der Waals surface area contributed by atoms with Gasteiger partial charge in [-0.25, -0.2) is 4.79 Å². The third kappa shape index (κ3) is 3.60. The van der Waals surface area contributed by atoms with Crippen LogP contribution in [0.4, 0.5) is 0 Å². The first kappa shape index (κ1) is 12.7. The number of hydrogen-bond acceptors (Lipinski definition) is 3. The molecular formula is C10H17NO3. The van der Waals surface area contributed by atoms with Crippen LogP contribution in [0.3, 0.4) is 0 Å². The summed E-state index contributed by atoms with van der Waals surface area (Å²) < 4.78 is 4.57. The van der Waals surface area contributed by atoms with E-state index in [4.69, 9.17) is 0 Å². The predicted molar refractivity (Wildman–Crippen MR) is 53.6 cm³/mol. The van der Waals surface area contributed by atoms with Gasteiger partial charge >= 0.3 is 5.97 Å². The Balaban J connectivity index is 4.63. The summed E-state index contributed by atoms with van der Waals surface area (Å²) in [6.45, 7) is 8.92. The van der Waals surface area contributed by atoms with E-state index in [1.807, 2.05) is 13.8 Å². The maximum absolute atomic E-state index is 11.3. The highest BCUT2D eigenvalue weighted by Gasteiger charge is 2.24. The van der Waals surface area contributed by atoms with Crippen LogP contribution in [0.5, 0.6) is 0 Å². The number of amides is 1. The van der Waals surface area contributed by atoms with Crippen LogP contribution in [0.2, 0.25) is 0 Å². The number of carbonyl (C=O) groups is 2. The monoisotopic (exact) mass is 199 g/mol. The van der Waals surface area contributed by atoms with Crippen molar-refractivity contribution in [2.24, 2.45) is 5.92 Å². The highest BCUT2D eigenvalue weighted by molar-refractivity contribution is 5.85. The molecule has 0 fully saturated rings. The molecule has 0 spiro atoms. The summed E-state index contributed by atoms with van der Waals surface area (Å²) in [4.78, 5) is 22.1. The quantitative estimate of drug-likeness (QED) is 0.540. The molecule has 0 heterocycles. The van der Waals surface area contributed by atoms with E-state index in [9.17, 15) is 9.59 Å². The molecule has 0 saturated heterocycles. The predicted octanol–water partition coefficient (Wildman–Crippen LogP) is 0.876. The van der Waals surface area contributed by atoms with E-state index >= 15 is 0 Å². The van der Waals surface area contributed by atoms with Crippen molar-refractivity contribution in [2.75, 3.05) is 7.11 Å². The highest BCUT2D eigenvalue weighted by Crippen LogP contribution is 2.12. The maximum Gasteiger partial charge on any atom is 0.332 e. The van der Waals surface area contributed by atoms with E-state index in [1.165, 1.54) is 14.0 Å². The fraction of sp³-hybridized carbons (Fsp3) is 0.600. The number of rotatable bonds is 4. The van der Waals surface area contributed by atoms with E-state index in [0.29, 0.717) is 5.57 Å². The smallest absolute Gasteiger partial charge is 0.332 e. The van der Waals surface area contributed by atoms with Crippen LogP contribution >= 0.6 is 0 Å². The van der Waals surface area contributed by atoms with Gasteiger partial charge in [-0.15, -0.1) is 0 Å². The van der Waals surface area contributed by atoms with Gasteiger partial charge in [-0.3, -0.25) is 4.79 Å². The summed E-state index contributed by atoms with van der Waals surface area (Å²) >= 11 is 0. The van der Waals surface area contributed by atoms with Gasteiger partial charge in [0.2, 0.25) is 5.91 Å². The molecule has 80 valence electrons. The molecule has 0 saturated carbocycles. The Labute approximate surface area is 84.3 Å². The second-order valence-electron chi connectivity index (χ2n) is 3.39. The number of esters is 1. The summed E-state index contributed by atoms with van der Waals surface area (Å²) in [6.07, 6.45) is 0. The van der Waals surface area contributed by atoms with Gasteiger partial charge in [0.1, 0.15) is 6.04 Å². The average molecular weight is 199 g/mol. The van der Waals surface area contributed by atoms with E-state index in [2.05, 4.69) is 16.6 Å². The fourth-order valence-corrected chi connectivity index (χ4v) is 0.957. The molecule has 1 amide bonds. The second kappa shape index (κ2) is 5.42. The van der Waals surface area contributed by atoms with Crippen molar-refractivity contribution in [1.82, 2.24) is 5.32 Å². The normalized spacial score (nSPS) is 12.1. The van der Waals surface area contributed by atoms with Crippen LogP contribution in [0.1, 0.15) is 20.8 Å². The minimum atomic E-state index is -0.738. The minimum Gasteiger partial charge on any atom is -0.467 e. The fourth-order valence-electron chi connectivity index (χ4n) is 0.957. The van der Waals surface area contributed by atoms with Crippen molar-refractivity contribution in [3.8, 4) is 0 Å². The van der Waals surface area contributed by atoms with E-state index in [-0.39, 0.29) is 11.8 Å².